The third-order valence-corrected chi connectivity index (χ3v) is 0. The molecule has 0 aliphatic rings. The molecule has 1 radical (unpaired) electrons. The molecule has 0 aliphatic carbocycles. The minimum Gasteiger partial charge on any atom is -0.450 e. The van der Waals surface area contributed by atoms with Gasteiger partial charge in [0.1, 0.15) is 0 Å². The average Bonchev–Trinajstić information content (AvgIpc) is 0.811. The fourth-order valence-corrected chi connectivity index (χ4v) is 0. The van der Waals surface area contributed by atoms with Crippen molar-refractivity contribution in [1.82, 2.24) is 0 Å². The summed E-state index contributed by atoms with van der Waals surface area (Å²) in [5.74, 6) is 0. The molecule has 25 valence electrons. The van der Waals surface area contributed by atoms with Crippen LogP contribution in [0.25, 0.3) is 0 Å². The SMILES string of the molecule is O=[13C](O)O.[Na]. The van der Waals surface area contributed by atoms with Crippen molar-refractivity contribution in [2.24, 2.45) is 0 Å². The molecule has 0 fully saturated rings. The van der Waals surface area contributed by atoms with Crippen LogP contribution in [0.3, 0.4) is 0 Å². The van der Waals surface area contributed by atoms with Gasteiger partial charge in [0.05, 0.1) is 0 Å². The first kappa shape index (κ1) is 8.99. The van der Waals surface area contributed by atoms with Gasteiger partial charge in [-0.15, -0.1) is 0 Å². The summed E-state index contributed by atoms with van der Waals surface area (Å²) in [7, 11) is 0. The number of hydrogen-bond donors (Lipinski definition) is 2. The molecule has 0 aromatic carbocycles. The minimum absolute atomic E-state index is 0. The van der Waals surface area contributed by atoms with Gasteiger partial charge in [0.25, 0.3) is 0 Å². The van der Waals surface area contributed by atoms with Crippen LogP contribution in [0.1, 0.15) is 0 Å². The van der Waals surface area contributed by atoms with E-state index in [4.69, 9.17) is 15.0 Å². The molecule has 0 aromatic heterocycles. The Morgan fingerprint density at radius 2 is 1.40 bits per heavy atom. The van der Waals surface area contributed by atoms with Crippen LogP contribution >= 0.6 is 0 Å². The van der Waals surface area contributed by atoms with Gasteiger partial charge in [-0.25, -0.2) is 4.79 Å². The first-order chi connectivity index (χ1) is 1.73. The molecule has 0 aromatic rings. The van der Waals surface area contributed by atoms with Crippen molar-refractivity contribution in [2.45, 2.75) is 0 Å². The Hall–Kier alpha value is 0.270. The Morgan fingerprint density at radius 1 is 1.40 bits per heavy atom. The monoisotopic (exact) mass is 86.0 g/mol. The molecule has 0 aliphatic heterocycles. The number of carbonyl (C=O) groups is 1. The molecule has 0 atom stereocenters. The van der Waals surface area contributed by atoms with E-state index in [1.165, 1.54) is 0 Å². The molecule has 5 heavy (non-hydrogen) atoms. The third-order valence-electron chi connectivity index (χ3n) is 0. The summed E-state index contributed by atoms with van der Waals surface area (Å²) in [4.78, 5) is 8.56. The summed E-state index contributed by atoms with van der Waals surface area (Å²) in [6, 6.07) is 0. The Balaban J connectivity index is 0. The molecule has 0 saturated heterocycles. The molecule has 0 saturated carbocycles. The second-order valence-corrected chi connectivity index (χ2v) is 0.283. The van der Waals surface area contributed by atoms with Crippen molar-refractivity contribution < 1.29 is 15.0 Å². The quantitative estimate of drug-likeness (QED) is 0.318. The van der Waals surface area contributed by atoms with Crippen LogP contribution < -0.4 is 0 Å². The van der Waals surface area contributed by atoms with Crippen LogP contribution in [0.2, 0.25) is 0 Å². The van der Waals surface area contributed by atoms with E-state index in [9.17, 15) is 0 Å². The summed E-state index contributed by atoms with van der Waals surface area (Å²) in [5, 5.41) is 13.9. The topological polar surface area (TPSA) is 57.5 Å². The second-order valence-electron chi connectivity index (χ2n) is 0.283. The molecular weight excluding hydrogens is 84.0 g/mol. The second kappa shape index (κ2) is 4.27. The Kier molecular flexibility index (Phi) is 7.67. The van der Waals surface area contributed by atoms with E-state index in [2.05, 4.69) is 0 Å². The standard InChI is InChI=1S/CH2O3.Na/c2-1(3)4;/h(H2,2,3,4);/i1+1;. The van der Waals surface area contributed by atoms with Crippen LogP contribution in [0.15, 0.2) is 0 Å². The minimum atomic E-state index is -1.83. The van der Waals surface area contributed by atoms with Gasteiger partial charge in [0.2, 0.25) is 0 Å². The number of hydrogen-bond acceptors (Lipinski definition) is 1. The van der Waals surface area contributed by atoms with Crippen molar-refractivity contribution >= 4 is 35.7 Å². The number of rotatable bonds is 0. The zero-order valence-corrected chi connectivity index (χ0v) is 4.80. The van der Waals surface area contributed by atoms with Crippen LogP contribution in [-0.2, 0) is 0 Å². The van der Waals surface area contributed by atoms with Crippen LogP contribution in [-0.4, -0.2) is 45.9 Å². The van der Waals surface area contributed by atoms with Crippen molar-refractivity contribution in [1.29, 1.82) is 0 Å². The molecule has 0 rings (SSSR count). The maximum atomic E-state index is 8.56. The first-order valence-electron chi connectivity index (χ1n) is 0.651. The van der Waals surface area contributed by atoms with Gasteiger partial charge in [-0.05, 0) is 0 Å². The molecule has 0 amide bonds. The van der Waals surface area contributed by atoms with Crippen molar-refractivity contribution in [3.05, 3.63) is 0 Å². The zero-order valence-electron chi connectivity index (χ0n) is 2.80. The molecular formula is CH2NaO3. The van der Waals surface area contributed by atoms with Crippen molar-refractivity contribution in [2.75, 3.05) is 0 Å². The van der Waals surface area contributed by atoms with Gasteiger partial charge in [0, 0.05) is 29.6 Å². The predicted octanol–water partition coefficient (Wildman–Crippen LogP) is -0.158. The Morgan fingerprint density at radius 3 is 1.40 bits per heavy atom. The molecule has 0 bridgehead atoms. The summed E-state index contributed by atoms with van der Waals surface area (Å²) in [5.41, 5.74) is 0. The van der Waals surface area contributed by atoms with Crippen LogP contribution in [0.5, 0.6) is 0 Å². The van der Waals surface area contributed by atoms with Gasteiger partial charge >= 0.3 is 6.16 Å². The zero-order chi connectivity index (χ0) is 3.58. The molecule has 0 spiro atoms. The third kappa shape index (κ3) is 302. The van der Waals surface area contributed by atoms with E-state index in [-0.39, 0.29) is 29.6 Å². The maximum absolute atomic E-state index is 8.56. The van der Waals surface area contributed by atoms with Gasteiger partial charge < -0.3 is 10.2 Å². The molecule has 0 unspecified atom stereocenters. The average molecular weight is 86.0 g/mol. The number of carboxylic acid groups (broad SMARTS) is 2. The summed E-state index contributed by atoms with van der Waals surface area (Å²) in [6.07, 6.45) is -1.83. The molecule has 0 heterocycles. The summed E-state index contributed by atoms with van der Waals surface area (Å²) >= 11 is 0. The summed E-state index contributed by atoms with van der Waals surface area (Å²) < 4.78 is 0. The van der Waals surface area contributed by atoms with Gasteiger partial charge in [0.15, 0.2) is 0 Å². The molecule has 2 N–H and O–H groups in total. The van der Waals surface area contributed by atoms with Crippen LogP contribution in [0.4, 0.5) is 4.79 Å². The summed E-state index contributed by atoms with van der Waals surface area (Å²) in [6.45, 7) is 0. The smallest absolute Gasteiger partial charge is 0.450 e. The van der Waals surface area contributed by atoms with Gasteiger partial charge in [-0.3, -0.25) is 0 Å². The first-order valence-corrected chi connectivity index (χ1v) is 0.651. The van der Waals surface area contributed by atoms with E-state index in [0.29, 0.717) is 0 Å². The largest absolute Gasteiger partial charge is 0.503 e. The molecule has 3 nitrogen and oxygen atoms in total. The fourth-order valence-electron chi connectivity index (χ4n) is 0. The Bertz CT molecular complexity index is 29.9. The fraction of sp³-hybridized carbons (Fsp3) is 0. The normalized spacial score (nSPS) is 4.80. The van der Waals surface area contributed by atoms with E-state index in [1.54, 1.807) is 0 Å². The van der Waals surface area contributed by atoms with Gasteiger partial charge in [-0.1, -0.05) is 0 Å². The van der Waals surface area contributed by atoms with E-state index in [0.717, 1.165) is 0 Å². The predicted molar refractivity (Wildman–Crippen MR) is 16.4 cm³/mol. The van der Waals surface area contributed by atoms with Crippen LogP contribution in [0, 0.1) is 0 Å². The Labute approximate surface area is 50.9 Å². The van der Waals surface area contributed by atoms with E-state index in [1.807, 2.05) is 0 Å². The van der Waals surface area contributed by atoms with Gasteiger partial charge in [-0.2, -0.15) is 0 Å². The molecule has 4 heteroatoms. The maximum Gasteiger partial charge on any atom is 0.503 e. The van der Waals surface area contributed by atoms with Crippen molar-refractivity contribution in [3.63, 3.8) is 0 Å². The van der Waals surface area contributed by atoms with E-state index >= 15 is 0 Å². The van der Waals surface area contributed by atoms with E-state index < -0.39 is 6.16 Å². The van der Waals surface area contributed by atoms with Crippen molar-refractivity contribution in [3.8, 4) is 0 Å².